The molecule has 3 heterocycles. The molecule has 6 rings (SSSR count). The van der Waals surface area contributed by atoms with Gasteiger partial charge in [0.2, 0.25) is 17.7 Å². The molecule has 3 aliphatic rings. The number of amides is 3. The minimum absolute atomic E-state index is 0.164. The zero-order valence-electron chi connectivity index (χ0n) is 23.5. The van der Waals surface area contributed by atoms with Crippen molar-refractivity contribution in [3.63, 3.8) is 0 Å². The van der Waals surface area contributed by atoms with Gasteiger partial charge in [-0.1, -0.05) is 42.5 Å². The van der Waals surface area contributed by atoms with Crippen molar-refractivity contribution < 1.29 is 23.9 Å². The third-order valence-corrected chi connectivity index (χ3v) is 8.56. The Morgan fingerprint density at radius 2 is 1.95 bits per heavy atom. The van der Waals surface area contributed by atoms with E-state index in [-0.39, 0.29) is 24.8 Å². The second-order valence-electron chi connectivity index (χ2n) is 11.3. The molecule has 0 spiro atoms. The van der Waals surface area contributed by atoms with Gasteiger partial charge in [0.25, 0.3) is 0 Å². The van der Waals surface area contributed by atoms with E-state index in [1.165, 1.54) is 4.90 Å². The van der Waals surface area contributed by atoms with Crippen LogP contribution in [0.1, 0.15) is 32.1 Å². The number of hydrogen-bond donors (Lipinski definition) is 3. The van der Waals surface area contributed by atoms with Crippen molar-refractivity contribution in [3.05, 3.63) is 66.7 Å². The number of nitrogens with zero attached hydrogens (tertiary/aromatic N) is 2. The lowest BCUT2D eigenvalue weighted by atomic mass is 10.1. The molecule has 218 valence electrons. The molecule has 0 bridgehead atoms. The maximum atomic E-state index is 13.7. The van der Waals surface area contributed by atoms with Gasteiger partial charge in [0.15, 0.2) is 0 Å². The van der Waals surface area contributed by atoms with Crippen molar-refractivity contribution in [2.24, 2.45) is 17.4 Å². The van der Waals surface area contributed by atoms with Crippen LogP contribution in [0.5, 0.6) is 11.5 Å². The van der Waals surface area contributed by atoms with E-state index in [9.17, 15) is 14.4 Å². The number of pyridine rings is 1. The summed E-state index contributed by atoms with van der Waals surface area (Å²) >= 11 is 0. The zero-order chi connectivity index (χ0) is 29.4. The molecular formula is C32H35N5O5. The van der Waals surface area contributed by atoms with Crippen molar-refractivity contribution >= 4 is 28.6 Å². The van der Waals surface area contributed by atoms with Crippen molar-refractivity contribution in [1.29, 1.82) is 0 Å². The Bertz CT molecular complexity index is 1560. The SMILES string of the molecule is COc1ccc2c(OC3CC4C(=O)NC5(C(N)=O)CC5C=CCCCC(N)C(=O)N4C3)cc(-c3ccccc3)nc2c1. The van der Waals surface area contributed by atoms with E-state index in [1.54, 1.807) is 7.11 Å². The Hall–Kier alpha value is -4.44. The van der Waals surface area contributed by atoms with Crippen LogP contribution in [0, 0.1) is 5.92 Å². The zero-order valence-corrected chi connectivity index (χ0v) is 23.5. The molecule has 2 aliphatic heterocycles. The number of nitrogens with two attached hydrogens (primary N) is 2. The normalized spacial score (nSPS) is 27.6. The molecule has 0 radical (unpaired) electrons. The van der Waals surface area contributed by atoms with Crippen LogP contribution in [0.3, 0.4) is 0 Å². The summed E-state index contributed by atoms with van der Waals surface area (Å²) in [5, 5.41) is 3.67. The van der Waals surface area contributed by atoms with Crippen molar-refractivity contribution in [1.82, 2.24) is 15.2 Å². The summed E-state index contributed by atoms with van der Waals surface area (Å²) in [6.07, 6.45) is 6.01. The summed E-state index contributed by atoms with van der Waals surface area (Å²) in [4.78, 5) is 46.0. The van der Waals surface area contributed by atoms with E-state index in [1.807, 2.05) is 66.7 Å². The van der Waals surface area contributed by atoms with Gasteiger partial charge in [-0.2, -0.15) is 0 Å². The van der Waals surface area contributed by atoms with Crippen LogP contribution < -0.4 is 26.3 Å². The van der Waals surface area contributed by atoms with Crippen LogP contribution in [0.25, 0.3) is 22.2 Å². The summed E-state index contributed by atoms with van der Waals surface area (Å²) in [5.74, 6) is -0.224. The summed E-state index contributed by atoms with van der Waals surface area (Å²) in [7, 11) is 1.60. The number of rotatable bonds is 5. The lowest BCUT2D eigenvalue weighted by Gasteiger charge is -2.27. The van der Waals surface area contributed by atoms with E-state index < -0.39 is 35.5 Å². The number of primary amides is 1. The molecule has 1 aliphatic carbocycles. The molecule has 1 saturated carbocycles. The molecule has 42 heavy (non-hydrogen) atoms. The third kappa shape index (κ3) is 5.18. The molecule has 5 unspecified atom stereocenters. The highest BCUT2D eigenvalue weighted by Crippen LogP contribution is 2.45. The largest absolute Gasteiger partial charge is 0.497 e. The fourth-order valence-corrected chi connectivity index (χ4v) is 6.08. The Morgan fingerprint density at radius 3 is 2.71 bits per heavy atom. The van der Waals surface area contributed by atoms with Crippen molar-refractivity contribution in [2.75, 3.05) is 13.7 Å². The van der Waals surface area contributed by atoms with Crippen LogP contribution in [0.4, 0.5) is 0 Å². The fourth-order valence-electron chi connectivity index (χ4n) is 6.08. The maximum Gasteiger partial charge on any atom is 0.243 e. The van der Waals surface area contributed by atoms with Gasteiger partial charge >= 0.3 is 0 Å². The number of ether oxygens (including phenoxy) is 2. The second kappa shape index (κ2) is 11.1. The first-order valence-electron chi connectivity index (χ1n) is 14.3. The molecule has 3 aromatic rings. The molecule has 5 atom stereocenters. The molecule has 3 amide bonds. The van der Waals surface area contributed by atoms with Gasteiger partial charge in [0.05, 0.1) is 30.9 Å². The van der Waals surface area contributed by atoms with Crippen LogP contribution in [-0.4, -0.2) is 65.0 Å². The topological polar surface area (TPSA) is 150 Å². The molecule has 1 aromatic heterocycles. The third-order valence-electron chi connectivity index (χ3n) is 8.56. The Balaban J connectivity index is 1.33. The molecule has 5 N–H and O–H groups in total. The predicted molar refractivity (Wildman–Crippen MR) is 157 cm³/mol. The van der Waals surface area contributed by atoms with Crippen LogP contribution >= 0.6 is 0 Å². The maximum absolute atomic E-state index is 13.7. The highest BCUT2D eigenvalue weighted by molar-refractivity contribution is 5.97. The number of benzene rings is 2. The standard InChI is InChI=1S/C32H35N5O5/c1-41-21-12-13-23-26(14-21)35-25(19-8-4-2-5-9-19)16-28(23)42-22-15-27-29(38)36-32(31(34)40)17-20(32)10-6-3-7-11-24(33)30(39)37(27)18-22/h2,4-6,8-10,12-14,16,20,22,24,27H,3,7,11,15,17-18,33H2,1H3,(H2,34,40)(H,36,38). The minimum Gasteiger partial charge on any atom is -0.497 e. The smallest absolute Gasteiger partial charge is 0.243 e. The van der Waals surface area contributed by atoms with E-state index in [4.69, 9.17) is 25.9 Å². The van der Waals surface area contributed by atoms with Gasteiger partial charge < -0.3 is 31.2 Å². The molecule has 2 aromatic carbocycles. The van der Waals surface area contributed by atoms with Gasteiger partial charge in [-0.25, -0.2) is 4.98 Å². The molecule has 10 nitrogen and oxygen atoms in total. The number of methoxy groups -OCH3 is 1. The quantitative estimate of drug-likeness (QED) is 0.400. The number of allylic oxidation sites excluding steroid dienone is 1. The summed E-state index contributed by atoms with van der Waals surface area (Å²) < 4.78 is 12.0. The first-order valence-corrected chi connectivity index (χ1v) is 14.3. The minimum atomic E-state index is -1.14. The van der Waals surface area contributed by atoms with Gasteiger partial charge in [-0.05, 0) is 37.8 Å². The van der Waals surface area contributed by atoms with E-state index in [0.717, 1.165) is 23.1 Å². The van der Waals surface area contributed by atoms with Gasteiger partial charge in [0, 0.05) is 35.4 Å². The van der Waals surface area contributed by atoms with E-state index in [0.29, 0.717) is 36.3 Å². The van der Waals surface area contributed by atoms with Gasteiger partial charge in [-0.15, -0.1) is 0 Å². The highest BCUT2D eigenvalue weighted by atomic mass is 16.5. The van der Waals surface area contributed by atoms with Crippen LogP contribution in [0.2, 0.25) is 0 Å². The van der Waals surface area contributed by atoms with Gasteiger partial charge in [-0.3, -0.25) is 14.4 Å². The first kappa shape index (κ1) is 27.7. The Morgan fingerprint density at radius 1 is 1.14 bits per heavy atom. The average Bonchev–Trinajstić information content (AvgIpc) is 3.53. The predicted octanol–water partition coefficient (Wildman–Crippen LogP) is 2.69. The highest BCUT2D eigenvalue weighted by Gasteiger charge is 2.60. The number of carbonyl (C=O) groups excluding carboxylic acids is 3. The molecule has 1 saturated heterocycles. The van der Waals surface area contributed by atoms with Crippen molar-refractivity contribution in [2.45, 2.75) is 55.8 Å². The number of nitrogens with one attached hydrogen (secondary N) is 1. The van der Waals surface area contributed by atoms with Crippen LogP contribution in [-0.2, 0) is 14.4 Å². The van der Waals surface area contributed by atoms with E-state index in [2.05, 4.69) is 5.32 Å². The van der Waals surface area contributed by atoms with Crippen LogP contribution in [0.15, 0.2) is 66.7 Å². The number of aromatic nitrogens is 1. The summed E-state index contributed by atoms with van der Waals surface area (Å²) in [6, 6.07) is 15.6. The number of hydrogen-bond acceptors (Lipinski definition) is 7. The Kier molecular flexibility index (Phi) is 7.32. The lowest BCUT2D eigenvalue weighted by molar-refractivity contribution is -0.140. The van der Waals surface area contributed by atoms with E-state index >= 15 is 0 Å². The molecule has 10 heteroatoms. The van der Waals surface area contributed by atoms with Gasteiger partial charge in [0.1, 0.15) is 29.2 Å². The fraction of sp³-hybridized carbons (Fsp3) is 0.375. The lowest BCUT2D eigenvalue weighted by Crippen LogP contribution is -2.56. The number of fused-ring (bicyclic) bond motifs is 3. The molecular weight excluding hydrogens is 534 g/mol. The average molecular weight is 570 g/mol. The summed E-state index contributed by atoms with van der Waals surface area (Å²) in [6.45, 7) is 0.177. The summed E-state index contributed by atoms with van der Waals surface area (Å²) in [5.41, 5.74) is 13.3. The Labute approximate surface area is 244 Å². The molecule has 2 fully saturated rings. The monoisotopic (exact) mass is 569 g/mol. The second-order valence-corrected chi connectivity index (χ2v) is 11.3. The van der Waals surface area contributed by atoms with Crippen molar-refractivity contribution in [3.8, 4) is 22.8 Å². The first-order chi connectivity index (χ1) is 20.3. The number of carbonyl (C=O) groups is 3.